The van der Waals surface area contributed by atoms with Crippen LogP contribution in [0.3, 0.4) is 0 Å². The molecule has 1 aromatic rings. The standard InChI is InChI=1S/C12H6ClN5O2/c1-7-2-9(13)3-11(18(19)20)12(7)17-10(6-16)8(4-14)5-15/h2-3,17H,1H3. The van der Waals surface area contributed by atoms with Gasteiger partial charge in [0, 0.05) is 11.1 Å². The fourth-order valence-electron chi connectivity index (χ4n) is 1.44. The number of hydrogen-bond acceptors (Lipinski definition) is 6. The first-order valence-electron chi connectivity index (χ1n) is 5.10. The number of aryl methyl sites for hydroxylation is 1. The van der Waals surface area contributed by atoms with Gasteiger partial charge in [0.25, 0.3) is 5.69 Å². The van der Waals surface area contributed by atoms with E-state index >= 15 is 0 Å². The molecule has 1 rings (SSSR count). The molecule has 0 aliphatic carbocycles. The zero-order valence-corrected chi connectivity index (χ0v) is 10.9. The maximum absolute atomic E-state index is 11.0. The van der Waals surface area contributed by atoms with Gasteiger partial charge < -0.3 is 5.32 Å². The van der Waals surface area contributed by atoms with Gasteiger partial charge in [-0.3, -0.25) is 10.1 Å². The van der Waals surface area contributed by atoms with Gasteiger partial charge in [0.1, 0.15) is 29.6 Å². The number of halogens is 1. The average Bonchev–Trinajstić information content (AvgIpc) is 2.40. The van der Waals surface area contributed by atoms with Crippen LogP contribution in [0.15, 0.2) is 23.4 Å². The number of nitro groups is 1. The highest BCUT2D eigenvalue weighted by Crippen LogP contribution is 2.32. The van der Waals surface area contributed by atoms with Gasteiger partial charge in [-0.25, -0.2) is 0 Å². The van der Waals surface area contributed by atoms with E-state index in [9.17, 15) is 10.1 Å². The van der Waals surface area contributed by atoms with E-state index in [0.717, 1.165) is 6.07 Å². The Bertz CT molecular complexity index is 718. The van der Waals surface area contributed by atoms with Gasteiger partial charge in [0.2, 0.25) is 0 Å². The number of benzene rings is 1. The lowest BCUT2D eigenvalue weighted by atomic mass is 10.1. The van der Waals surface area contributed by atoms with Crippen LogP contribution in [0.1, 0.15) is 5.56 Å². The van der Waals surface area contributed by atoms with Crippen LogP contribution in [0.2, 0.25) is 5.02 Å². The second kappa shape index (κ2) is 6.19. The van der Waals surface area contributed by atoms with Crippen LogP contribution in [0.25, 0.3) is 0 Å². The molecule has 0 heterocycles. The van der Waals surface area contributed by atoms with Crippen molar-refractivity contribution in [3.8, 4) is 18.2 Å². The quantitative estimate of drug-likeness (QED) is 0.517. The maximum atomic E-state index is 11.0. The molecule has 20 heavy (non-hydrogen) atoms. The third-order valence-corrected chi connectivity index (χ3v) is 2.53. The summed E-state index contributed by atoms with van der Waals surface area (Å²) in [6.45, 7) is 1.55. The van der Waals surface area contributed by atoms with E-state index in [0.29, 0.717) is 5.56 Å². The Labute approximate surface area is 119 Å². The van der Waals surface area contributed by atoms with Crippen molar-refractivity contribution in [2.24, 2.45) is 0 Å². The minimum absolute atomic E-state index is 0.0129. The van der Waals surface area contributed by atoms with Crippen LogP contribution < -0.4 is 5.32 Å². The highest BCUT2D eigenvalue weighted by Gasteiger charge is 2.19. The number of nitrogens with zero attached hydrogens (tertiary/aromatic N) is 4. The van der Waals surface area contributed by atoms with Gasteiger partial charge >= 0.3 is 0 Å². The normalized spacial score (nSPS) is 8.75. The minimum Gasteiger partial charge on any atom is -0.339 e. The lowest BCUT2D eigenvalue weighted by Crippen LogP contribution is -2.05. The molecule has 0 saturated heterocycles. The van der Waals surface area contributed by atoms with Crippen LogP contribution in [0.5, 0.6) is 0 Å². The monoisotopic (exact) mass is 287 g/mol. The first-order valence-corrected chi connectivity index (χ1v) is 5.48. The summed E-state index contributed by atoms with van der Waals surface area (Å²) in [6, 6.07) is 7.29. The lowest BCUT2D eigenvalue weighted by Gasteiger charge is -2.09. The number of anilines is 1. The summed E-state index contributed by atoms with van der Waals surface area (Å²) in [7, 11) is 0. The molecule has 0 bridgehead atoms. The van der Waals surface area contributed by atoms with Gasteiger partial charge in [0.05, 0.1) is 4.92 Å². The van der Waals surface area contributed by atoms with Crippen LogP contribution in [0.4, 0.5) is 11.4 Å². The van der Waals surface area contributed by atoms with Crippen molar-refractivity contribution in [3.63, 3.8) is 0 Å². The van der Waals surface area contributed by atoms with Crippen molar-refractivity contribution >= 4 is 23.0 Å². The van der Waals surface area contributed by atoms with Gasteiger partial charge in [-0.05, 0) is 18.6 Å². The number of rotatable bonds is 3. The fourth-order valence-corrected chi connectivity index (χ4v) is 1.71. The molecule has 0 aliphatic heterocycles. The highest BCUT2D eigenvalue weighted by molar-refractivity contribution is 6.31. The zero-order chi connectivity index (χ0) is 15.3. The Balaban J connectivity index is 3.48. The van der Waals surface area contributed by atoms with Gasteiger partial charge in [-0.15, -0.1) is 0 Å². The molecule has 0 amide bonds. The molecule has 0 aromatic heterocycles. The predicted octanol–water partition coefficient (Wildman–Crippen LogP) is 2.79. The summed E-state index contributed by atoms with van der Waals surface area (Å²) in [5.74, 6) is 0. The van der Waals surface area contributed by atoms with Gasteiger partial charge in [-0.1, -0.05) is 11.6 Å². The average molecular weight is 288 g/mol. The Hall–Kier alpha value is -3.08. The number of hydrogen-bond donors (Lipinski definition) is 1. The second-order valence-corrected chi connectivity index (χ2v) is 4.02. The second-order valence-electron chi connectivity index (χ2n) is 3.58. The smallest absolute Gasteiger partial charge is 0.294 e. The summed E-state index contributed by atoms with van der Waals surface area (Å²) in [4.78, 5) is 10.3. The summed E-state index contributed by atoms with van der Waals surface area (Å²) in [5.41, 5.74) is -0.747. The molecule has 0 spiro atoms. The third kappa shape index (κ3) is 3.02. The molecule has 0 atom stereocenters. The fraction of sp³-hybridized carbons (Fsp3) is 0.0833. The van der Waals surface area contributed by atoms with Crippen LogP contribution in [0, 0.1) is 51.0 Å². The van der Waals surface area contributed by atoms with Crippen LogP contribution in [-0.2, 0) is 0 Å². The topological polar surface area (TPSA) is 127 Å². The summed E-state index contributed by atoms with van der Waals surface area (Å²) >= 11 is 5.74. The van der Waals surface area contributed by atoms with Gasteiger partial charge in [0.15, 0.2) is 5.57 Å². The molecule has 7 nitrogen and oxygen atoms in total. The van der Waals surface area contributed by atoms with E-state index in [1.54, 1.807) is 25.1 Å². The number of allylic oxidation sites excluding steroid dienone is 2. The van der Waals surface area contributed by atoms with Crippen molar-refractivity contribution in [1.29, 1.82) is 15.8 Å². The Morgan fingerprint density at radius 1 is 1.30 bits per heavy atom. The molecule has 1 aromatic carbocycles. The zero-order valence-electron chi connectivity index (χ0n) is 10.1. The molecular formula is C12H6ClN5O2. The number of nitrogens with one attached hydrogen (secondary N) is 1. The van der Waals surface area contributed by atoms with Crippen molar-refractivity contribution in [2.45, 2.75) is 6.92 Å². The Morgan fingerprint density at radius 3 is 2.35 bits per heavy atom. The largest absolute Gasteiger partial charge is 0.339 e. The lowest BCUT2D eigenvalue weighted by molar-refractivity contribution is -0.383. The maximum Gasteiger partial charge on any atom is 0.294 e. The Kier molecular flexibility index (Phi) is 4.64. The van der Waals surface area contributed by atoms with Crippen molar-refractivity contribution in [2.75, 3.05) is 5.32 Å². The molecule has 8 heteroatoms. The van der Waals surface area contributed by atoms with Crippen molar-refractivity contribution < 1.29 is 4.92 Å². The highest BCUT2D eigenvalue weighted by atomic mass is 35.5. The van der Waals surface area contributed by atoms with Gasteiger partial charge in [-0.2, -0.15) is 15.8 Å². The molecule has 1 N–H and O–H groups in total. The van der Waals surface area contributed by atoms with Crippen LogP contribution >= 0.6 is 11.6 Å². The summed E-state index contributed by atoms with van der Waals surface area (Å²) in [5, 5.41) is 40.0. The molecule has 0 aliphatic rings. The molecule has 0 fully saturated rings. The summed E-state index contributed by atoms with van der Waals surface area (Å²) < 4.78 is 0. The van der Waals surface area contributed by atoms with E-state index in [4.69, 9.17) is 27.4 Å². The summed E-state index contributed by atoms with van der Waals surface area (Å²) in [6.07, 6.45) is 0. The first-order chi connectivity index (χ1) is 9.44. The molecule has 0 saturated carbocycles. The van der Waals surface area contributed by atoms with E-state index in [1.807, 2.05) is 0 Å². The van der Waals surface area contributed by atoms with Crippen molar-refractivity contribution in [1.82, 2.24) is 0 Å². The SMILES string of the molecule is Cc1cc(Cl)cc([N+](=O)[O-])c1NC(C#N)=C(C#N)C#N. The predicted molar refractivity (Wildman–Crippen MR) is 70.3 cm³/mol. The molecular weight excluding hydrogens is 282 g/mol. The van der Waals surface area contributed by atoms with Crippen LogP contribution in [-0.4, -0.2) is 4.92 Å². The minimum atomic E-state index is -0.672. The molecule has 0 radical (unpaired) electrons. The van der Waals surface area contributed by atoms with E-state index < -0.39 is 10.5 Å². The first kappa shape index (κ1) is 15.0. The number of nitriles is 3. The molecule has 0 unspecified atom stereocenters. The van der Waals surface area contributed by atoms with E-state index in [-0.39, 0.29) is 22.1 Å². The van der Waals surface area contributed by atoms with E-state index in [2.05, 4.69) is 5.32 Å². The van der Waals surface area contributed by atoms with Crippen molar-refractivity contribution in [3.05, 3.63) is 44.1 Å². The Morgan fingerprint density at radius 2 is 1.90 bits per heavy atom. The molecule has 98 valence electrons. The third-order valence-electron chi connectivity index (χ3n) is 2.31. The number of nitro benzene ring substituents is 1. The van der Waals surface area contributed by atoms with E-state index in [1.165, 1.54) is 6.07 Å².